The molecule has 0 radical (unpaired) electrons. The Kier molecular flexibility index (Phi) is 2.85. The number of thiophene rings is 1. The summed E-state index contributed by atoms with van der Waals surface area (Å²) >= 11 is 3.77. The maximum atomic E-state index is 11.0. The summed E-state index contributed by atoms with van der Waals surface area (Å²) in [6.07, 6.45) is 0.608. The highest BCUT2D eigenvalue weighted by Gasteiger charge is 2.04. The molecular formula is C7H7IOS. The quantitative estimate of drug-likeness (QED) is 0.594. The van der Waals surface area contributed by atoms with Crippen LogP contribution in [0.5, 0.6) is 0 Å². The highest BCUT2D eigenvalue weighted by molar-refractivity contribution is 14.1. The van der Waals surface area contributed by atoms with Crippen molar-refractivity contribution in [1.82, 2.24) is 0 Å². The van der Waals surface area contributed by atoms with Crippen LogP contribution in [0, 0.1) is 2.88 Å². The van der Waals surface area contributed by atoms with Crippen molar-refractivity contribution in [2.45, 2.75) is 13.3 Å². The van der Waals surface area contributed by atoms with E-state index in [0.717, 1.165) is 4.88 Å². The fourth-order valence-electron chi connectivity index (χ4n) is 0.638. The predicted molar refractivity (Wildman–Crippen MR) is 51.7 cm³/mol. The van der Waals surface area contributed by atoms with E-state index in [1.165, 1.54) is 2.88 Å². The summed E-state index contributed by atoms with van der Waals surface area (Å²) in [5.74, 6) is 0.243. The minimum absolute atomic E-state index is 0.243. The van der Waals surface area contributed by atoms with Crippen molar-refractivity contribution in [3.63, 3.8) is 0 Å². The van der Waals surface area contributed by atoms with Gasteiger partial charge in [-0.3, -0.25) is 4.79 Å². The second-order valence-electron chi connectivity index (χ2n) is 1.88. The first kappa shape index (κ1) is 8.20. The minimum Gasteiger partial charge on any atom is -0.293 e. The lowest BCUT2D eigenvalue weighted by molar-refractivity contribution is 0.0992. The molecular weight excluding hydrogens is 259 g/mol. The van der Waals surface area contributed by atoms with Crippen LogP contribution < -0.4 is 0 Å². The molecule has 0 unspecified atom stereocenters. The fourth-order valence-corrected chi connectivity index (χ4v) is 2.27. The van der Waals surface area contributed by atoms with Crippen molar-refractivity contribution in [1.29, 1.82) is 0 Å². The van der Waals surface area contributed by atoms with E-state index in [2.05, 4.69) is 22.6 Å². The molecule has 10 heavy (non-hydrogen) atoms. The molecule has 0 fully saturated rings. The lowest BCUT2D eigenvalue weighted by Gasteiger charge is -1.86. The van der Waals surface area contributed by atoms with E-state index in [9.17, 15) is 4.79 Å². The molecule has 0 atom stereocenters. The van der Waals surface area contributed by atoms with Gasteiger partial charge in [0.15, 0.2) is 5.78 Å². The van der Waals surface area contributed by atoms with E-state index in [1.54, 1.807) is 11.3 Å². The van der Waals surface area contributed by atoms with Crippen molar-refractivity contribution < 1.29 is 4.79 Å². The van der Waals surface area contributed by atoms with Crippen LogP contribution in [0.1, 0.15) is 23.0 Å². The summed E-state index contributed by atoms with van der Waals surface area (Å²) < 4.78 is 1.18. The zero-order valence-corrected chi connectivity index (χ0v) is 8.53. The Balaban J connectivity index is 2.85. The molecule has 1 nitrogen and oxygen atoms in total. The second-order valence-corrected chi connectivity index (χ2v) is 4.86. The van der Waals surface area contributed by atoms with E-state index < -0.39 is 0 Å². The van der Waals surface area contributed by atoms with Crippen molar-refractivity contribution >= 4 is 39.7 Å². The molecule has 0 amide bonds. The van der Waals surface area contributed by atoms with Crippen molar-refractivity contribution in [3.8, 4) is 0 Å². The van der Waals surface area contributed by atoms with Gasteiger partial charge in [-0.1, -0.05) is 6.92 Å². The molecule has 0 aliphatic rings. The molecule has 0 N–H and O–H groups in total. The molecule has 0 bridgehead atoms. The van der Waals surface area contributed by atoms with Crippen LogP contribution in [0.15, 0.2) is 12.1 Å². The number of rotatable bonds is 2. The van der Waals surface area contributed by atoms with Crippen molar-refractivity contribution in [2.24, 2.45) is 0 Å². The van der Waals surface area contributed by atoms with Gasteiger partial charge in [0.2, 0.25) is 0 Å². The summed E-state index contributed by atoms with van der Waals surface area (Å²) in [4.78, 5) is 11.9. The number of ketones is 1. The van der Waals surface area contributed by atoms with E-state index in [-0.39, 0.29) is 5.78 Å². The van der Waals surface area contributed by atoms with Crippen LogP contribution in [0.3, 0.4) is 0 Å². The Hall–Kier alpha value is 0.1000. The molecule has 3 heteroatoms. The van der Waals surface area contributed by atoms with E-state index in [4.69, 9.17) is 0 Å². The number of halogens is 1. The van der Waals surface area contributed by atoms with Gasteiger partial charge in [-0.15, -0.1) is 11.3 Å². The molecule has 1 aromatic rings. The van der Waals surface area contributed by atoms with Crippen LogP contribution in [0.25, 0.3) is 0 Å². The standard InChI is InChI=1S/C7H7IOS/c1-2-5(9)6-3-4-7(8)10-6/h3-4H,2H2,1H3. The van der Waals surface area contributed by atoms with Gasteiger partial charge in [0.25, 0.3) is 0 Å². The molecule has 0 saturated heterocycles. The number of hydrogen-bond acceptors (Lipinski definition) is 2. The SMILES string of the molecule is CCC(=O)c1ccc(I)s1. The first-order chi connectivity index (χ1) is 4.74. The highest BCUT2D eigenvalue weighted by Crippen LogP contribution is 2.19. The average molecular weight is 266 g/mol. The number of carbonyl (C=O) groups excluding carboxylic acids is 1. The van der Waals surface area contributed by atoms with Crippen LogP contribution in [-0.4, -0.2) is 5.78 Å². The normalized spacial score (nSPS) is 9.80. The Bertz CT molecular complexity index is 242. The van der Waals surface area contributed by atoms with E-state index >= 15 is 0 Å². The third kappa shape index (κ3) is 1.79. The summed E-state index contributed by atoms with van der Waals surface area (Å²) in [7, 11) is 0. The Morgan fingerprint density at radius 3 is 2.80 bits per heavy atom. The minimum atomic E-state index is 0.243. The van der Waals surface area contributed by atoms with Gasteiger partial charge in [-0.05, 0) is 34.7 Å². The summed E-state index contributed by atoms with van der Waals surface area (Å²) in [5, 5.41) is 0. The van der Waals surface area contributed by atoms with Crippen molar-refractivity contribution in [3.05, 3.63) is 19.9 Å². The van der Waals surface area contributed by atoms with Crippen LogP contribution >= 0.6 is 33.9 Å². The number of hydrogen-bond donors (Lipinski definition) is 0. The Morgan fingerprint density at radius 1 is 1.70 bits per heavy atom. The summed E-state index contributed by atoms with van der Waals surface area (Å²) in [6.45, 7) is 1.88. The third-order valence-electron chi connectivity index (χ3n) is 1.17. The zero-order valence-electron chi connectivity index (χ0n) is 5.56. The van der Waals surface area contributed by atoms with Gasteiger partial charge in [-0.25, -0.2) is 0 Å². The Labute approximate surface area is 77.6 Å². The molecule has 1 rings (SSSR count). The molecule has 0 aromatic carbocycles. The smallest absolute Gasteiger partial charge is 0.172 e. The second kappa shape index (κ2) is 3.48. The molecule has 54 valence electrons. The van der Waals surface area contributed by atoms with Gasteiger partial charge >= 0.3 is 0 Å². The molecule has 0 aliphatic carbocycles. The van der Waals surface area contributed by atoms with Crippen molar-refractivity contribution in [2.75, 3.05) is 0 Å². The molecule has 1 heterocycles. The molecule has 1 aromatic heterocycles. The number of carbonyl (C=O) groups is 1. The lowest BCUT2D eigenvalue weighted by Crippen LogP contribution is -1.90. The maximum absolute atomic E-state index is 11.0. The van der Waals surface area contributed by atoms with Gasteiger partial charge < -0.3 is 0 Å². The zero-order chi connectivity index (χ0) is 7.56. The van der Waals surface area contributed by atoms with Crippen LogP contribution in [0.2, 0.25) is 0 Å². The molecule has 0 saturated carbocycles. The lowest BCUT2D eigenvalue weighted by atomic mass is 10.3. The van der Waals surface area contributed by atoms with Gasteiger partial charge in [-0.2, -0.15) is 0 Å². The number of Topliss-reactive ketones (excluding diaryl/α,β-unsaturated/α-hetero) is 1. The largest absolute Gasteiger partial charge is 0.293 e. The first-order valence-electron chi connectivity index (χ1n) is 3.02. The summed E-state index contributed by atoms with van der Waals surface area (Å²) in [6, 6.07) is 3.85. The molecule has 0 aliphatic heterocycles. The topological polar surface area (TPSA) is 17.1 Å². The maximum Gasteiger partial charge on any atom is 0.172 e. The van der Waals surface area contributed by atoms with E-state index in [0.29, 0.717) is 6.42 Å². The summed E-state index contributed by atoms with van der Waals surface area (Å²) in [5.41, 5.74) is 0. The van der Waals surface area contributed by atoms with Gasteiger partial charge in [0.05, 0.1) is 7.76 Å². The van der Waals surface area contributed by atoms with E-state index in [1.807, 2.05) is 19.1 Å². The Morgan fingerprint density at radius 2 is 2.40 bits per heavy atom. The van der Waals surface area contributed by atoms with Gasteiger partial charge in [0, 0.05) is 6.42 Å². The highest BCUT2D eigenvalue weighted by atomic mass is 127. The molecule has 0 spiro atoms. The first-order valence-corrected chi connectivity index (χ1v) is 4.92. The van der Waals surface area contributed by atoms with Crippen LogP contribution in [-0.2, 0) is 0 Å². The average Bonchev–Trinajstić information content (AvgIpc) is 2.34. The fraction of sp³-hybridized carbons (Fsp3) is 0.286. The van der Waals surface area contributed by atoms with Gasteiger partial charge in [0.1, 0.15) is 0 Å². The third-order valence-corrected chi connectivity index (χ3v) is 3.10. The monoisotopic (exact) mass is 266 g/mol. The van der Waals surface area contributed by atoms with Crippen LogP contribution in [0.4, 0.5) is 0 Å². The predicted octanol–water partition coefficient (Wildman–Crippen LogP) is 2.95.